The molecule has 1 atom stereocenters. The van der Waals surface area contributed by atoms with Gasteiger partial charge in [-0.05, 0) is 31.5 Å². The fourth-order valence-electron chi connectivity index (χ4n) is 1.78. The summed E-state index contributed by atoms with van der Waals surface area (Å²) in [6.07, 6.45) is 2.83. The zero-order valence-electron chi connectivity index (χ0n) is 11.5. The summed E-state index contributed by atoms with van der Waals surface area (Å²) in [5.41, 5.74) is 1.78. The highest BCUT2D eigenvalue weighted by molar-refractivity contribution is 5.30. The Kier molecular flexibility index (Phi) is 4.35. The SMILES string of the molecule is CCC(C)(CO)NCc1ccn(-c2ccccc2)n1. The van der Waals surface area contributed by atoms with Crippen molar-refractivity contribution in [3.8, 4) is 5.69 Å². The van der Waals surface area contributed by atoms with Gasteiger partial charge in [0.1, 0.15) is 0 Å². The van der Waals surface area contributed by atoms with Crippen LogP contribution >= 0.6 is 0 Å². The molecule has 2 aromatic rings. The number of nitrogens with zero attached hydrogens (tertiary/aromatic N) is 2. The summed E-state index contributed by atoms with van der Waals surface area (Å²) in [5.74, 6) is 0. The Bertz CT molecular complexity index is 503. The van der Waals surface area contributed by atoms with E-state index in [4.69, 9.17) is 0 Å². The van der Waals surface area contributed by atoms with Crippen molar-refractivity contribution >= 4 is 0 Å². The number of para-hydroxylation sites is 1. The van der Waals surface area contributed by atoms with Gasteiger partial charge in [0.15, 0.2) is 0 Å². The number of nitrogens with one attached hydrogen (secondary N) is 1. The van der Waals surface area contributed by atoms with Crippen LogP contribution in [0.3, 0.4) is 0 Å². The van der Waals surface area contributed by atoms with Crippen LogP contribution in [0.2, 0.25) is 0 Å². The van der Waals surface area contributed by atoms with E-state index in [1.54, 1.807) is 0 Å². The molecule has 2 rings (SSSR count). The molecule has 0 saturated heterocycles. The van der Waals surface area contributed by atoms with E-state index in [9.17, 15) is 5.11 Å². The summed E-state index contributed by atoms with van der Waals surface area (Å²) in [6.45, 7) is 4.86. The first-order valence-electron chi connectivity index (χ1n) is 6.63. The van der Waals surface area contributed by atoms with Gasteiger partial charge in [-0.25, -0.2) is 4.68 Å². The highest BCUT2D eigenvalue weighted by atomic mass is 16.3. The Morgan fingerprint density at radius 1 is 1.26 bits per heavy atom. The van der Waals surface area contributed by atoms with Crippen LogP contribution in [0.25, 0.3) is 5.69 Å². The lowest BCUT2D eigenvalue weighted by molar-refractivity contribution is 0.168. The maximum atomic E-state index is 9.36. The quantitative estimate of drug-likeness (QED) is 0.835. The molecule has 4 heteroatoms. The van der Waals surface area contributed by atoms with Crippen LogP contribution < -0.4 is 5.32 Å². The molecule has 0 radical (unpaired) electrons. The molecule has 1 heterocycles. The first-order valence-corrected chi connectivity index (χ1v) is 6.63. The van der Waals surface area contributed by atoms with Gasteiger partial charge in [0, 0.05) is 18.3 Å². The van der Waals surface area contributed by atoms with Crippen LogP contribution in [0.15, 0.2) is 42.6 Å². The van der Waals surface area contributed by atoms with Gasteiger partial charge in [-0.2, -0.15) is 5.10 Å². The van der Waals surface area contributed by atoms with Crippen molar-refractivity contribution in [2.45, 2.75) is 32.4 Å². The lowest BCUT2D eigenvalue weighted by Crippen LogP contribution is -2.44. The summed E-state index contributed by atoms with van der Waals surface area (Å²) in [4.78, 5) is 0. The molecular weight excluding hydrogens is 238 g/mol. The van der Waals surface area contributed by atoms with Crippen molar-refractivity contribution in [1.82, 2.24) is 15.1 Å². The largest absolute Gasteiger partial charge is 0.394 e. The van der Waals surface area contributed by atoms with Crippen LogP contribution in [0, 0.1) is 0 Å². The minimum atomic E-state index is -0.240. The Hall–Kier alpha value is -1.65. The average Bonchev–Trinajstić information content (AvgIpc) is 2.95. The Balaban J connectivity index is 2.02. The van der Waals surface area contributed by atoms with Gasteiger partial charge in [0.2, 0.25) is 0 Å². The molecule has 0 spiro atoms. The van der Waals surface area contributed by atoms with E-state index in [0.717, 1.165) is 17.8 Å². The molecule has 0 bridgehead atoms. The Labute approximate surface area is 114 Å². The smallest absolute Gasteiger partial charge is 0.0767 e. The maximum absolute atomic E-state index is 9.36. The fourth-order valence-corrected chi connectivity index (χ4v) is 1.78. The summed E-state index contributed by atoms with van der Waals surface area (Å²) in [5, 5.41) is 17.2. The molecular formula is C15H21N3O. The fraction of sp³-hybridized carbons (Fsp3) is 0.400. The number of rotatable bonds is 6. The van der Waals surface area contributed by atoms with E-state index in [2.05, 4.69) is 17.3 Å². The van der Waals surface area contributed by atoms with Crippen LogP contribution in [-0.2, 0) is 6.54 Å². The molecule has 1 aromatic carbocycles. The van der Waals surface area contributed by atoms with Gasteiger partial charge in [0.05, 0.1) is 18.0 Å². The second kappa shape index (κ2) is 5.99. The number of aromatic nitrogens is 2. The lowest BCUT2D eigenvalue weighted by Gasteiger charge is -2.26. The third-order valence-electron chi connectivity index (χ3n) is 3.49. The van der Waals surface area contributed by atoms with Crippen molar-refractivity contribution in [1.29, 1.82) is 0 Å². The van der Waals surface area contributed by atoms with Gasteiger partial charge in [0.25, 0.3) is 0 Å². The predicted molar refractivity (Wildman–Crippen MR) is 76.2 cm³/mol. The Morgan fingerprint density at radius 2 is 2.00 bits per heavy atom. The second-order valence-corrected chi connectivity index (χ2v) is 5.01. The van der Waals surface area contributed by atoms with E-state index >= 15 is 0 Å². The highest BCUT2D eigenvalue weighted by Gasteiger charge is 2.19. The monoisotopic (exact) mass is 259 g/mol. The number of hydrogen-bond donors (Lipinski definition) is 2. The van der Waals surface area contributed by atoms with Gasteiger partial charge in [-0.1, -0.05) is 25.1 Å². The lowest BCUT2D eigenvalue weighted by atomic mass is 10.0. The number of benzene rings is 1. The number of aliphatic hydroxyl groups is 1. The van der Waals surface area contributed by atoms with E-state index in [1.807, 2.05) is 54.2 Å². The third kappa shape index (κ3) is 3.43. The zero-order valence-corrected chi connectivity index (χ0v) is 11.5. The predicted octanol–water partition coefficient (Wildman–Crippen LogP) is 2.12. The first-order chi connectivity index (χ1) is 9.17. The Morgan fingerprint density at radius 3 is 2.63 bits per heavy atom. The summed E-state index contributed by atoms with van der Waals surface area (Å²) in [6, 6.07) is 12.0. The summed E-state index contributed by atoms with van der Waals surface area (Å²) < 4.78 is 1.86. The van der Waals surface area contributed by atoms with Crippen LogP contribution in [0.5, 0.6) is 0 Å². The van der Waals surface area contributed by atoms with E-state index < -0.39 is 0 Å². The van der Waals surface area contributed by atoms with Crippen LogP contribution in [0.1, 0.15) is 26.0 Å². The van der Waals surface area contributed by atoms with E-state index in [0.29, 0.717) is 6.54 Å². The van der Waals surface area contributed by atoms with E-state index in [1.165, 1.54) is 0 Å². The third-order valence-corrected chi connectivity index (χ3v) is 3.49. The molecule has 0 aliphatic carbocycles. The van der Waals surface area contributed by atoms with Crippen molar-refractivity contribution < 1.29 is 5.11 Å². The zero-order chi connectivity index (χ0) is 13.7. The molecule has 0 aliphatic rings. The molecule has 4 nitrogen and oxygen atoms in total. The van der Waals surface area contributed by atoms with Crippen LogP contribution in [-0.4, -0.2) is 27.0 Å². The van der Waals surface area contributed by atoms with Crippen molar-refractivity contribution in [2.24, 2.45) is 0 Å². The molecule has 19 heavy (non-hydrogen) atoms. The molecule has 1 unspecified atom stereocenters. The minimum Gasteiger partial charge on any atom is -0.394 e. The molecule has 1 aromatic heterocycles. The van der Waals surface area contributed by atoms with Crippen LogP contribution in [0.4, 0.5) is 0 Å². The van der Waals surface area contributed by atoms with Gasteiger partial charge in [-0.3, -0.25) is 0 Å². The average molecular weight is 259 g/mol. The summed E-state index contributed by atoms with van der Waals surface area (Å²) >= 11 is 0. The molecule has 0 amide bonds. The minimum absolute atomic E-state index is 0.128. The van der Waals surface area contributed by atoms with Gasteiger partial charge >= 0.3 is 0 Å². The highest BCUT2D eigenvalue weighted by Crippen LogP contribution is 2.10. The second-order valence-electron chi connectivity index (χ2n) is 5.01. The van der Waals surface area contributed by atoms with E-state index in [-0.39, 0.29) is 12.1 Å². The van der Waals surface area contributed by atoms with Gasteiger partial charge < -0.3 is 10.4 Å². The molecule has 2 N–H and O–H groups in total. The standard InChI is InChI=1S/C15H21N3O/c1-3-15(2,12-19)16-11-13-9-10-18(17-13)14-7-5-4-6-8-14/h4-10,16,19H,3,11-12H2,1-2H3. The normalized spacial score (nSPS) is 14.3. The molecule has 0 saturated carbocycles. The number of hydrogen-bond acceptors (Lipinski definition) is 3. The first kappa shape index (κ1) is 13.8. The van der Waals surface area contributed by atoms with Crippen molar-refractivity contribution in [3.63, 3.8) is 0 Å². The maximum Gasteiger partial charge on any atom is 0.0767 e. The summed E-state index contributed by atoms with van der Waals surface area (Å²) in [7, 11) is 0. The van der Waals surface area contributed by atoms with Crippen molar-refractivity contribution in [3.05, 3.63) is 48.3 Å². The topological polar surface area (TPSA) is 50.1 Å². The number of aliphatic hydroxyl groups excluding tert-OH is 1. The molecule has 102 valence electrons. The van der Waals surface area contributed by atoms with Crippen molar-refractivity contribution in [2.75, 3.05) is 6.61 Å². The van der Waals surface area contributed by atoms with Gasteiger partial charge in [-0.15, -0.1) is 0 Å². The molecule has 0 fully saturated rings. The molecule has 0 aliphatic heterocycles.